The van der Waals surface area contributed by atoms with Gasteiger partial charge in [-0.05, 0) is 6.42 Å². The molecule has 0 aromatic carbocycles. The van der Waals surface area contributed by atoms with E-state index in [0.29, 0.717) is 12.8 Å². The van der Waals surface area contributed by atoms with Crippen molar-refractivity contribution in [3.63, 3.8) is 0 Å². The number of hydrogen-bond donors (Lipinski definition) is 3. The summed E-state index contributed by atoms with van der Waals surface area (Å²) in [5, 5.41) is 13.4. The van der Waals surface area contributed by atoms with Gasteiger partial charge in [-0.25, -0.2) is 18.4 Å². The number of carbonyl (C=O) groups is 2. The van der Waals surface area contributed by atoms with Crippen molar-refractivity contribution in [3.8, 4) is 0 Å². The van der Waals surface area contributed by atoms with E-state index in [-0.39, 0.29) is 13.2 Å². The summed E-state index contributed by atoms with van der Waals surface area (Å²) in [5.41, 5.74) is 0. The van der Waals surface area contributed by atoms with Crippen LogP contribution in [-0.2, 0) is 9.53 Å². The SMILES string of the molecule is CCC[C@H](NC(=O)NCCOCC(F)F)C(=O)O. The van der Waals surface area contributed by atoms with Gasteiger partial charge in [-0.2, -0.15) is 0 Å². The molecule has 0 saturated carbocycles. The molecule has 1 atom stereocenters. The lowest BCUT2D eigenvalue weighted by atomic mass is 10.2. The Morgan fingerprint density at radius 1 is 1.39 bits per heavy atom. The molecule has 0 aromatic heterocycles. The first kappa shape index (κ1) is 16.6. The van der Waals surface area contributed by atoms with Crippen LogP contribution in [0.25, 0.3) is 0 Å². The summed E-state index contributed by atoms with van der Waals surface area (Å²) < 4.78 is 27.9. The van der Waals surface area contributed by atoms with Gasteiger partial charge in [-0.1, -0.05) is 13.3 Å². The second kappa shape index (κ2) is 9.58. The topological polar surface area (TPSA) is 87.7 Å². The normalized spacial score (nSPS) is 12.2. The van der Waals surface area contributed by atoms with Crippen LogP contribution < -0.4 is 10.6 Å². The van der Waals surface area contributed by atoms with E-state index >= 15 is 0 Å². The van der Waals surface area contributed by atoms with E-state index in [1.54, 1.807) is 6.92 Å². The second-order valence-electron chi connectivity index (χ2n) is 3.55. The van der Waals surface area contributed by atoms with E-state index in [9.17, 15) is 18.4 Å². The molecule has 0 unspecified atom stereocenters. The van der Waals surface area contributed by atoms with Gasteiger partial charge in [0.1, 0.15) is 12.6 Å². The van der Waals surface area contributed by atoms with Crippen LogP contribution in [0.1, 0.15) is 19.8 Å². The molecular weight excluding hydrogens is 250 g/mol. The zero-order chi connectivity index (χ0) is 14.0. The fourth-order valence-corrected chi connectivity index (χ4v) is 1.16. The molecule has 0 radical (unpaired) electrons. The van der Waals surface area contributed by atoms with Gasteiger partial charge in [0, 0.05) is 6.54 Å². The number of carboxylic acids is 1. The van der Waals surface area contributed by atoms with Gasteiger partial charge in [0.2, 0.25) is 0 Å². The standard InChI is InChI=1S/C10H18F2N2O4/c1-2-3-7(9(15)16)14-10(17)13-4-5-18-6-8(11)12/h7-8H,2-6H2,1H3,(H,15,16)(H2,13,14,17)/t7-/m0/s1. The lowest BCUT2D eigenvalue weighted by Gasteiger charge is -2.14. The predicted molar refractivity (Wildman–Crippen MR) is 59.7 cm³/mol. The highest BCUT2D eigenvalue weighted by atomic mass is 19.3. The smallest absolute Gasteiger partial charge is 0.326 e. The van der Waals surface area contributed by atoms with Crippen LogP contribution in [0.4, 0.5) is 13.6 Å². The number of aliphatic carboxylic acids is 1. The molecule has 0 aliphatic carbocycles. The van der Waals surface area contributed by atoms with Gasteiger partial charge in [-0.3, -0.25) is 0 Å². The highest BCUT2D eigenvalue weighted by Gasteiger charge is 2.18. The first-order valence-corrected chi connectivity index (χ1v) is 5.60. The van der Waals surface area contributed by atoms with Crippen molar-refractivity contribution >= 4 is 12.0 Å². The molecule has 106 valence electrons. The molecule has 8 heteroatoms. The Kier molecular flexibility index (Phi) is 8.81. The number of carbonyl (C=O) groups excluding carboxylic acids is 1. The van der Waals surface area contributed by atoms with E-state index in [4.69, 9.17) is 5.11 Å². The molecule has 6 nitrogen and oxygen atoms in total. The summed E-state index contributed by atoms with van der Waals surface area (Å²) in [6.45, 7) is 1.10. The van der Waals surface area contributed by atoms with Crippen molar-refractivity contribution in [3.05, 3.63) is 0 Å². The third-order valence-corrected chi connectivity index (χ3v) is 1.96. The molecular formula is C10H18F2N2O4. The number of urea groups is 1. The number of rotatable bonds is 9. The Morgan fingerprint density at radius 3 is 2.56 bits per heavy atom. The number of ether oxygens (including phenoxy) is 1. The highest BCUT2D eigenvalue weighted by Crippen LogP contribution is 1.96. The van der Waals surface area contributed by atoms with Crippen LogP contribution in [0.3, 0.4) is 0 Å². The minimum atomic E-state index is -2.54. The molecule has 0 spiro atoms. The minimum Gasteiger partial charge on any atom is -0.480 e. The first-order valence-electron chi connectivity index (χ1n) is 5.60. The summed E-state index contributed by atoms with van der Waals surface area (Å²) >= 11 is 0. The van der Waals surface area contributed by atoms with Crippen LogP contribution in [0, 0.1) is 0 Å². The summed E-state index contributed by atoms with van der Waals surface area (Å²) in [4.78, 5) is 22.0. The Bertz CT molecular complexity index is 264. The second-order valence-corrected chi connectivity index (χ2v) is 3.55. The van der Waals surface area contributed by atoms with E-state index in [2.05, 4.69) is 15.4 Å². The number of alkyl halides is 2. The van der Waals surface area contributed by atoms with Gasteiger partial charge in [0.25, 0.3) is 6.43 Å². The van der Waals surface area contributed by atoms with Gasteiger partial charge >= 0.3 is 12.0 Å². The number of carboxylic acid groups (broad SMARTS) is 1. The molecule has 0 fully saturated rings. The molecule has 0 aliphatic rings. The van der Waals surface area contributed by atoms with E-state index in [0.717, 1.165) is 0 Å². The zero-order valence-electron chi connectivity index (χ0n) is 10.1. The first-order chi connectivity index (χ1) is 8.47. The van der Waals surface area contributed by atoms with Crippen LogP contribution in [0.15, 0.2) is 0 Å². The van der Waals surface area contributed by atoms with Crippen LogP contribution in [0.2, 0.25) is 0 Å². The Morgan fingerprint density at radius 2 is 2.06 bits per heavy atom. The Hall–Kier alpha value is -1.44. The quantitative estimate of drug-likeness (QED) is 0.540. The van der Waals surface area contributed by atoms with Crippen LogP contribution in [-0.4, -0.2) is 49.3 Å². The molecule has 0 heterocycles. The summed E-state index contributed by atoms with van der Waals surface area (Å²) in [7, 11) is 0. The lowest BCUT2D eigenvalue weighted by molar-refractivity contribution is -0.139. The molecule has 0 bridgehead atoms. The maximum absolute atomic E-state index is 11.7. The zero-order valence-corrected chi connectivity index (χ0v) is 10.1. The number of halogens is 2. The predicted octanol–water partition coefficient (Wildman–Crippen LogP) is 0.821. The summed E-state index contributed by atoms with van der Waals surface area (Å²) in [6, 6.07) is -1.60. The maximum Gasteiger partial charge on any atom is 0.326 e. The maximum atomic E-state index is 11.7. The largest absolute Gasteiger partial charge is 0.480 e. The molecule has 0 aliphatic heterocycles. The Labute approximate surface area is 104 Å². The molecule has 0 saturated heterocycles. The molecule has 18 heavy (non-hydrogen) atoms. The van der Waals surface area contributed by atoms with Gasteiger partial charge in [0.15, 0.2) is 0 Å². The highest BCUT2D eigenvalue weighted by molar-refractivity contribution is 5.82. The van der Waals surface area contributed by atoms with Crippen molar-refractivity contribution in [2.45, 2.75) is 32.2 Å². The van der Waals surface area contributed by atoms with Gasteiger partial charge in [-0.15, -0.1) is 0 Å². The average Bonchev–Trinajstić information content (AvgIpc) is 2.27. The summed E-state index contributed by atoms with van der Waals surface area (Å²) in [6.07, 6.45) is -1.60. The molecule has 2 amide bonds. The Balaban J connectivity index is 3.71. The van der Waals surface area contributed by atoms with Gasteiger partial charge in [0.05, 0.1) is 6.61 Å². The number of amides is 2. The van der Waals surface area contributed by atoms with E-state index in [1.165, 1.54) is 0 Å². The third-order valence-electron chi connectivity index (χ3n) is 1.96. The fraction of sp³-hybridized carbons (Fsp3) is 0.800. The van der Waals surface area contributed by atoms with E-state index in [1.807, 2.05) is 0 Å². The monoisotopic (exact) mass is 268 g/mol. The summed E-state index contributed by atoms with van der Waals surface area (Å²) in [5.74, 6) is -1.11. The average molecular weight is 268 g/mol. The van der Waals surface area contributed by atoms with Crippen molar-refractivity contribution in [2.75, 3.05) is 19.8 Å². The fourth-order valence-electron chi connectivity index (χ4n) is 1.16. The third kappa shape index (κ3) is 8.68. The number of nitrogens with one attached hydrogen (secondary N) is 2. The number of hydrogen-bond acceptors (Lipinski definition) is 3. The lowest BCUT2D eigenvalue weighted by Crippen LogP contribution is -2.46. The molecule has 3 N–H and O–H groups in total. The molecule has 0 aromatic rings. The van der Waals surface area contributed by atoms with Crippen molar-refractivity contribution < 1.29 is 28.2 Å². The van der Waals surface area contributed by atoms with Crippen LogP contribution in [0.5, 0.6) is 0 Å². The van der Waals surface area contributed by atoms with Crippen LogP contribution >= 0.6 is 0 Å². The molecule has 0 rings (SSSR count). The van der Waals surface area contributed by atoms with Crippen molar-refractivity contribution in [1.29, 1.82) is 0 Å². The minimum absolute atomic E-state index is 0.0387. The van der Waals surface area contributed by atoms with Crippen molar-refractivity contribution in [1.82, 2.24) is 10.6 Å². The van der Waals surface area contributed by atoms with E-state index < -0.39 is 31.1 Å². The van der Waals surface area contributed by atoms with Gasteiger partial charge < -0.3 is 20.5 Å². The van der Waals surface area contributed by atoms with Crippen molar-refractivity contribution in [2.24, 2.45) is 0 Å².